The molecule has 1 aromatic carbocycles. The molecule has 0 saturated carbocycles. The predicted octanol–water partition coefficient (Wildman–Crippen LogP) is 5.32. The molecule has 2 atom stereocenters. The van der Waals surface area contributed by atoms with E-state index >= 15 is 0 Å². The maximum Gasteiger partial charge on any atom is 0.412 e. The van der Waals surface area contributed by atoms with Crippen molar-refractivity contribution in [2.75, 3.05) is 32.7 Å². The van der Waals surface area contributed by atoms with Gasteiger partial charge in [-0.25, -0.2) is 0 Å². The van der Waals surface area contributed by atoms with Gasteiger partial charge in [0.1, 0.15) is 5.54 Å². The normalized spacial score (nSPS) is 25.8. The van der Waals surface area contributed by atoms with Crippen molar-refractivity contribution in [2.45, 2.75) is 57.0 Å². The van der Waals surface area contributed by atoms with E-state index in [1.807, 2.05) is 29.2 Å². The molecule has 36 heavy (non-hydrogen) atoms. The van der Waals surface area contributed by atoms with Gasteiger partial charge in [0.25, 0.3) is 0 Å². The number of halogens is 6. The fourth-order valence-electron chi connectivity index (χ4n) is 5.44. The van der Waals surface area contributed by atoms with Gasteiger partial charge in [-0.05, 0) is 62.1 Å². The molecule has 1 amide bonds. The number of alkyl halides is 6. The molecule has 2 heterocycles. The number of rotatable bonds is 6. The number of benzene rings is 1. The number of hydrogen-bond donors (Lipinski definition) is 1. The third-order valence-corrected chi connectivity index (χ3v) is 7.56. The Morgan fingerprint density at radius 3 is 2.42 bits per heavy atom. The smallest absolute Gasteiger partial charge is 0.350 e. The van der Waals surface area contributed by atoms with Crippen LogP contribution in [-0.4, -0.2) is 60.8 Å². The van der Waals surface area contributed by atoms with E-state index in [-0.39, 0.29) is 5.57 Å². The average Bonchev–Trinajstić information content (AvgIpc) is 3.13. The van der Waals surface area contributed by atoms with Gasteiger partial charge >= 0.3 is 12.4 Å². The molecule has 0 radical (unpaired) electrons. The first-order chi connectivity index (χ1) is 16.9. The van der Waals surface area contributed by atoms with Crippen LogP contribution in [0.15, 0.2) is 47.6 Å². The molecule has 0 bridgehead atoms. The summed E-state index contributed by atoms with van der Waals surface area (Å²) in [5, 5.41) is 2.65. The minimum Gasteiger partial charge on any atom is -0.350 e. The van der Waals surface area contributed by atoms with Crippen molar-refractivity contribution >= 4 is 5.91 Å². The number of carbonyl (C=O) groups excluding carboxylic acids is 1. The van der Waals surface area contributed by atoms with Crippen molar-refractivity contribution < 1.29 is 31.1 Å². The van der Waals surface area contributed by atoms with E-state index in [4.69, 9.17) is 0 Å². The van der Waals surface area contributed by atoms with Crippen LogP contribution in [0.5, 0.6) is 0 Å². The number of piperidine rings is 1. The second-order valence-electron chi connectivity index (χ2n) is 10.00. The standard InChI is InChI=1S/C26H31F6N3O/c1-24(22-8-4-3-7-19(22)17-35(24)12-11-34-9-5-2-6-10-34)23(36)33-16-18-13-20(25(27,28)29)15-21(14-18)26(30,31)32/h3-4,7-8,13-14,20H,2,5-6,9-12,15-17H2,1H3,(H,33,36). The van der Waals surface area contributed by atoms with Crippen molar-refractivity contribution in [3.05, 3.63) is 58.7 Å². The summed E-state index contributed by atoms with van der Waals surface area (Å²) >= 11 is 0. The second kappa shape index (κ2) is 10.2. The lowest BCUT2D eigenvalue weighted by atomic mass is 9.88. The molecule has 1 aromatic rings. The minimum atomic E-state index is -4.87. The summed E-state index contributed by atoms with van der Waals surface area (Å²) in [4.78, 5) is 17.9. The van der Waals surface area contributed by atoms with Gasteiger partial charge in [0, 0.05) is 31.8 Å². The second-order valence-corrected chi connectivity index (χ2v) is 10.00. The van der Waals surface area contributed by atoms with Crippen molar-refractivity contribution in [1.82, 2.24) is 15.1 Å². The van der Waals surface area contributed by atoms with E-state index in [0.717, 1.165) is 55.8 Å². The van der Waals surface area contributed by atoms with E-state index in [1.165, 1.54) is 6.42 Å². The molecule has 10 heteroatoms. The molecule has 0 aromatic heterocycles. The lowest BCUT2D eigenvalue weighted by Gasteiger charge is -2.37. The van der Waals surface area contributed by atoms with Gasteiger partial charge in [-0.15, -0.1) is 0 Å². The zero-order chi connectivity index (χ0) is 26.1. The Morgan fingerprint density at radius 2 is 1.75 bits per heavy atom. The predicted molar refractivity (Wildman–Crippen MR) is 124 cm³/mol. The molecule has 2 aliphatic heterocycles. The van der Waals surface area contributed by atoms with Gasteiger partial charge < -0.3 is 10.2 Å². The molecule has 1 saturated heterocycles. The number of nitrogens with zero attached hydrogens (tertiary/aromatic N) is 2. The Kier molecular flexibility index (Phi) is 7.57. The summed E-state index contributed by atoms with van der Waals surface area (Å²) in [5.74, 6) is -2.68. The van der Waals surface area contributed by atoms with Gasteiger partial charge in [-0.2, -0.15) is 26.3 Å². The summed E-state index contributed by atoms with van der Waals surface area (Å²) in [6, 6.07) is 7.52. The monoisotopic (exact) mass is 515 g/mol. The highest BCUT2D eigenvalue weighted by Gasteiger charge is 2.48. The quantitative estimate of drug-likeness (QED) is 0.522. The summed E-state index contributed by atoms with van der Waals surface area (Å²) in [5.41, 5.74) is -0.724. The van der Waals surface area contributed by atoms with Crippen LogP contribution in [0.3, 0.4) is 0 Å². The van der Waals surface area contributed by atoms with Crippen LogP contribution in [0.4, 0.5) is 26.3 Å². The van der Waals surface area contributed by atoms with Gasteiger partial charge in [0.15, 0.2) is 0 Å². The lowest BCUT2D eigenvalue weighted by molar-refractivity contribution is -0.166. The Hall–Kier alpha value is -2.33. The van der Waals surface area contributed by atoms with E-state index < -0.39 is 48.3 Å². The molecule has 4 nitrogen and oxygen atoms in total. The summed E-state index contributed by atoms with van der Waals surface area (Å²) < 4.78 is 79.7. The Labute approximate surface area is 207 Å². The highest BCUT2D eigenvalue weighted by Crippen LogP contribution is 2.42. The average molecular weight is 516 g/mol. The van der Waals surface area contributed by atoms with Crippen molar-refractivity contribution in [3.8, 4) is 0 Å². The first-order valence-electron chi connectivity index (χ1n) is 12.3. The van der Waals surface area contributed by atoms with E-state index in [0.29, 0.717) is 13.1 Å². The van der Waals surface area contributed by atoms with E-state index in [1.54, 1.807) is 6.92 Å². The van der Waals surface area contributed by atoms with Crippen molar-refractivity contribution in [3.63, 3.8) is 0 Å². The van der Waals surface area contributed by atoms with E-state index in [9.17, 15) is 31.1 Å². The summed E-state index contributed by atoms with van der Waals surface area (Å²) in [6.45, 7) is 5.32. The topological polar surface area (TPSA) is 35.6 Å². The molecular formula is C26H31F6N3O. The van der Waals surface area contributed by atoms with E-state index in [2.05, 4.69) is 10.2 Å². The number of amides is 1. The highest BCUT2D eigenvalue weighted by atomic mass is 19.4. The van der Waals surface area contributed by atoms with Crippen molar-refractivity contribution in [2.24, 2.45) is 5.92 Å². The van der Waals surface area contributed by atoms with Crippen LogP contribution in [0.25, 0.3) is 0 Å². The minimum absolute atomic E-state index is 0.195. The van der Waals surface area contributed by atoms with Crippen molar-refractivity contribution in [1.29, 1.82) is 0 Å². The van der Waals surface area contributed by atoms with Gasteiger partial charge in [0.05, 0.1) is 5.92 Å². The fraction of sp³-hybridized carbons (Fsp3) is 0.577. The molecule has 198 valence electrons. The maximum atomic E-state index is 13.5. The number of fused-ring (bicyclic) bond motifs is 1. The molecule has 1 aliphatic carbocycles. The third-order valence-electron chi connectivity index (χ3n) is 7.56. The largest absolute Gasteiger partial charge is 0.412 e. The number of allylic oxidation sites excluding steroid dienone is 2. The molecule has 2 unspecified atom stereocenters. The molecule has 1 fully saturated rings. The molecule has 1 N–H and O–H groups in total. The Morgan fingerprint density at radius 1 is 1.06 bits per heavy atom. The van der Waals surface area contributed by atoms with Gasteiger partial charge in [-0.3, -0.25) is 9.69 Å². The van der Waals surface area contributed by atoms with Crippen LogP contribution >= 0.6 is 0 Å². The van der Waals surface area contributed by atoms with Gasteiger partial charge in [0.2, 0.25) is 5.91 Å². The molecule has 4 rings (SSSR count). The SMILES string of the molecule is CC1(C(=O)NCC2=CC(C(F)(F)F)CC(C(F)(F)F)=C2)c2ccccc2CN1CCN1CCCCC1. The van der Waals surface area contributed by atoms with Crippen LogP contribution < -0.4 is 5.32 Å². The van der Waals surface area contributed by atoms with Gasteiger partial charge in [-0.1, -0.05) is 36.8 Å². The number of carbonyl (C=O) groups is 1. The maximum absolute atomic E-state index is 13.5. The fourth-order valence-corrected chi connectivity index (χ4v) is 5.44. The van der Waals surface area contributed by atoms with Crippen LogP contribution in [0.1, 0.15) is 43.7 Å². The first-order valence-corrected chi connectivity index (χ1v) is 12.3. The Balaban J connectivity index is 1.52. The summed E-state index contributed by atoms with van der Waals surface area (Å²) in [6.07, 6.45) is -5.83. The number of likely N-dealkylation sites (tertiary alicyclic amines) is 1. The lowest BCUT2D eigenvalue weighted by Crippen LogP contribution is -2.53. The van der Waals surface area contributed by atoms with Crippen LogP contribution in [0.2, 0.25) is 0 Å². The number of hydrogen-bond acceptors (Lipinski definition) is 3. The molecular weight excluding hydrogens is 484 g/mol. The molecule has 3 aliphatic rings. The zero-order valence-corrected chi connectivity index (χ0v) is 20.2. The van der Waals surface area contributed by atoms with Crippen LogP contribution in [0, 0.1) is 5.92 Å². The third kappa shape index (κ3) is 5.64. The Bertz CT molecular complexity index is 1030. The van der Waals surface area contributed by atoms with Crippen LogP contribution in [-0.2, 0) is 16.9 Å². The highest BCUT2D eigenvalue weighted by molar-refractivity contribution is 5.88. The molecule has 0 spiro atoms. The number of nitrogens with one attached hydrogen (secondary N) is 1. The summed E-state index contributed by atoms with van der Waals surface area (Å²) in [7, 11) is 0. The first kappa shape index (κ1) is 26.7. The zero-order valence-electron chi connectivity index (χ0n) is 20.2.